The van der Waals surface area contributed by atoms with Gasteiger partial charge in [-0.2, -0.15) is 10.1 Å². The lowest BCUT2D eigenvalue weighted by atomic mass is 10.1. The second-order valence-corrected chi connectivity index (χ2v) is 7.26. The molecular formula is C23H20N6O3. The van der Waals surface area contributed by atoms with Crippen LogP contribution in [0, 0.1) is 6.92 Å². The third-order valence-electron chi connectivity index (χ3n) is 5.15. The van der Waals surface area contributed by atoms with Crippen LogP contribution in [0.1, 0.15) is 16.1 Å². The van der Waals surface area contributed by atoms with Crippen LogP contribution in [0.3, 0.4) is 0 Å². The fourth-order valence-corrected chi connectivity index (χ4v) is 3.62. The molecule has 9 heteroatoms. The zero-order valence-corrected chi connectivity index (χ0v) is 17.7. The first-order valence-electron chi connectivity index (χ1n) is 9.97. The molecule has 0 saturated carbocycles. The van der Waals surface area contributed by atoms with Crippen molar-refractivity contribution in [3.8, 4) is 11.6 Å². The number of anilines is 2. The molecular weight excluding hydrogens is 408 g/mol. The smallest absolute Gasteiger partial charge is 0.255 e. The molecule has 0 unspecified atom stereocenters. The molecule has 0 aliphatic heterocycles. The Bertz CT molecular complexity index is 1470. The molecule has 160 valence electrons. The first-order chi connectivity index (χ1) is 15.5. The van der Waals surface area contributed by atoms with Crippen LogP contribution in [-0.2, 0) is 7.05 Å². The summed E-state index contributed by atoms with van der Waals surface area (Å²) < 4.78 is 13.5. The van der Waals surface area contributed by atoms with Crippen molar-refractivity contribution in [3.63, 3.8) is 0 Å². The standard InChI is InChI=1S/C23H20N6O3/c1-13-21(22(30)24-2)17-6-5-16(11-19(17)31-13)32-20-8-9-25-23(28-20)27-15-4-7-18-14(10-15)12-26-29(18)3/h4-12H,1-3H3,(H,24,30)(H,25,27,28). The summed E-state index contributed by atoms with van der Waals surface area (Å²) in [4.78, 5) is 20.8. The Morgan fingerprint density at radius 3 is 2.88 bits per heavy atom. The Morgan fingerprint density at radius 2 is 2.03 bits per heavy atom. The maximum absolute atomic E-state index is 12.1. The third-order valence-corrected chi connectivity index (χ3v) is 5.15. The van der Waals surface area contributed by atoms with Crippen molar-refractivity contribution < 1.29 is 13.9 Å². The zero-order chi connectivity index (χ0) is 22.2. The topological polar surface area (TPSA) is 107 Å². The number of aromatic nitrogens is 4. The first-order valence-corrected chi connectivity index (χ1v) is 9.97. The number of fused-ring (bicyclic) bond motifs is 2. The normalized spacial score (nSPS) is 11.1. The van der Waals surface area contributed by atoms with Crippen LogP contribution in [0.4, 0.5) is 11.6 Å². The molecule has 0 aliphatic carbocycles. The van der Waals surface area contributed by atoms with E-state index in [1.165, 1.54) is 0 Å². The number of benzene rings is 2. The van der Waals surface area contributed by atoms with Crippen LogP contribution in [0.15, 0.2) is 59.3 Å². The summed E-state index contributed by atoms with van der Waals surface area (Å²) in [6.07, 6.45) is 3.43. The van der Waals surface area contributed by atoms with Crippen LogP contribution in [-0.4, -0.2) is 32.7 Å². The van der Waals surface area contributed by atoms with Gasteiger partial charge in [0.25, 0.3) is 5.91 Å². The monoisotopic (exact) mass is 428 g/mol. The zero-order valence-electron chi connectivity index (χ0n) is 17.7. The van der Waals surface area contributed by atoms with Gasteiger partial charge in [-0.3, -0.25) is 9.48 Å². The van der Waals surface area contributed by atoms with Gasteiger partial charge in [-0.1, -0.05) is 0 Å². The number of carbonyl (C=O) groups excluding carboxylic acids is 1. The van der Waals surface area contributed by atoms with Crippen molar-refractivity contribution in [2.75, 3.05) is 12.4 Å². The average molecular weight is 428 g/mol. The number of furan rings is 1. The molecule has 0 atom stereocenters. The lowest BCUT2D eigenvalue weighted by Crippen LogP contribution is -2.18. The number of nitrogens with zero attached hydrogens (tertiary/aromatic N) is 4. The van der Waals surface area contributed by atoms with Crippen LogP contribution in [0.2, 0.25) is 0 Å². The maximum atomic E-state index is 12.1. The summed E-state index contributed by atoms with van der Waals surface area (Å²) in [5, 5.41) is 11.8. The van der Waals surface area contributed by atoms with Crippen LogP contribution >= 0.6 is 0 Å². The van der Waals surface area contributed by atoms with Crippen LogP contribution < -0.4 is 15.4 Å². The van der Waals surface area contributed by atoms with Gasteiger partial charge in [-0.15, -0.1) is 0 Å². The van der Waals surface area contributed by atoms with E-state index in [2.05, 4.69) is 25.7 Å². The lowest BCUT2D eigenvalue weighted by molar-refractivity contribution is 0.0963. The summed E-state index contributed by atoms with van der Waals surface area (Å²) in [6, 6.07) is 12.9. The molecule has 0 spiro atoms. The summed E-state index contributed by atoms with van der Waals surface area (Å²) in [6.45, 7) is 1.76. The number of carbonyl (C=O) groups is 1. The Kier molecular flexibility index (Phi) is 4.70. The molecule has 9 nitrogen and oxygen atoms in total. The van der Waals surface area contributed by atoms with Crippen molar-refractivity contribution in [3.05, 3.63) is 66.2 Å². The van der Waals surface area contributed by atoms with Gasteiger partial charge >= 0.3 is 0 Å². The van der Waals surface area contributed by atoms with E-state index in [0.717, 1.165) is 22.0 Å². The van der Waals surface area contributed by atoms with Gasteiger partial charge in [0.1, 0.15) is 17.1 Å². The highest BCUT2D eigenvalue weighted by Crippen LogP contribution is 2.31. The predicted octanol–water partition coefficient (Wildman–Crippen LogP) is 4.31. The fourth-order valence-electron chi connectivity index (χ4n) is 3.62. The quantitative estimate of drug-likeness (QED) is 0.429. The first kappa shape index (κ1) is 19.6. The highest BCUT2D eigenvalue weighted by atomic mass is 16.5. The van der Waals surface area contributed by atoms with E-state index in [1.807, 2.05) is 36.1 Å². The molecule has 0 aliphatic rings. The number of nitrogens with one attached hydrogen (secondary N) is 2. The molecule has 0 saturated heterocycles. The Balaban J connectivity index is 1.38. The minimum absolute atomic E-state index is 0.189. The molecule has 3 aromatic heterocycles. The van der Waals surface area contributed by atoms with Gasteiger partial charge < -0.3 is 19.8 Å². The van der Waals surface area contributed by atoms with Crippen LogP contribution in [0.5, 0.6) is 11.6 Å². The van der Waals surface area contributed by atoms with Gasteiger partial charge in [0.2, 0.25) is 11.8 Å². The number of hydrogen-bond donors (Lipinski definition) is 2. The number of aryl methyl sites for hydroxylation is 2. The second kappa shape index (κ2) is 7.69. The van der Waals surface area contributed by atoms with E-state index in [1.54, 1.807) is 44.4 Å². The summed E-state index contributed by atoms with van der Waals surface area (Å²) in [7, 11) is 3.49. The van der Waals surface area contributed by atoms with Gasteiger partial charge in [-0.05, 0) is 37.3 Å². The molecule has 2 N–H and O–H groups in total. The number of hydrogen-bond acceptors (Lipinski definition) is 7. The van der Waals surface area contributed by atoms with Gasteiger partial charge in [0.05, 0.1) is 17.3 Å². The summed E-state index contributed by atoms with van der Waals surface area (Å²) in [5.74, 6) is 1.68. The van der Waals surface area contributed by atoms with E-state index >= 15 is 0 Å². The number of amides is 1. The third kappa shape index (κ3) is 3.49. The van der Waals surface area contributed by atoms with Gasteiger partial charge in [0, 0.05) is 48.9 Å². The fraction of sp³-hybridized carbons (Fsp3) is 0.130. The molecule has 0 bridgehead atoms. The highest BCUT2D eigenvalue weighted by molar-refractivity contribution is 6.07. The van der Waals surface area contributed by atoms with E-state index in [-0.39, 0.29) is 5.91 Å². The molecule has 0 fully saturated rings. The van der Waals surface area contributed by atoms with E-state index in [0.29, 0.717) is 34.5 Å². The largest absolute Gasteiger partial charge is 0.460 e. The number of rotatable bonds is 5. The van der Waals surface area contributed by atoms with E-state index in [4.69, 9.17) is 9.15 Å². The molecule has 2 aromatic carbocycles. The molecule has 5 rings (SSSR count). The minimum atomic E-state index is -0.189. The molecule has 3 heterocycles. The van der Waals surface area contributed by atoms with Gasteiger partial charge in [-0.25, -0.2) is 4.98 Å². The van der Waals surface area contributed by atoms with Crippen molar-refractivity contribution in [1.29, 1.82) is 0 Å². The molecule has 1 amide bonds. The summed E-state index contributed by atoms with van der Waals surface area (Å²) >= 11 is 0. The molecule has 32 heavy (non-hydrogen) atoms. The maximum Gasteiger partial charge on any atom is 0.255 e. The SMILES string of the molecule is CNC(=O)c1c(C)oc2cc(Oc3ccnc(Nc4ccc5c(cnn5C)c4)n3)ccc12. The lowest BCUT2D eigenvalue weighted by Gasteiger charge is -2.08. The average Bonchev–Trinajstić information content (AvgIpc) is 3.31. The number of ether oxygens (including phenoxy) is 1. The Morgan fingerprint density at radius 1 is 1.16 bits per heavy atom. The Hall–Kier alpha value is -4.40. The highest BCUT2D eigenvalue weighted by Gasteiger charge is 2.17. The second-order valence-electron chi connectivity index (χ2n) is 7.26. The Labute approximate surface area is 183 Å². The minimum Gasteiger partial charge on any atom is -0.460 e. The van der Waals surface area contributed by atoms with Crippen molar-refractivity contribution >= 4 is 39.4 Å². The van der Waals surface area contributed by atoms with Crippen molar-refractivity contribution in [1.82, 2.24) is 25.1 Å². The molecule has 5 aromatic rings. The van der Waals surface area contributed by atoms with Crippen molar-refractivity contribution in [2.45, 2.75) is 6.92 Å². The van der Waals surface area contributed by atoms with E-state index < -0.39 is 0 Å². The predicted molar refractivity (Wildman–Crippen MR) is 120 cm³/mol. The van der Waals surface area contributed by atoms with Gasteiger partial charge in [0.15, 0.2) is 0 Å². The van der Waals surface area contributed by atoms with E-state index in [9.17, 15) is 4.79 Å². The summed E-state index contributed by atoms with van der Waals surface area (Å²) in [5.41, 5.74) is 2.97. The molecule has 0 radical (unpaired) electrons. The van der Waals surface area contributed by atoms with Crippen LogP contribution in [0.25, 0.3) is 21.9 Å². The van der Waals surface area contributed by atoms with Crippen molar-refractivity contribution in [2.24, 2.45) is 7.05 Å².